The maximum Gasteiger partial charge on any atom is 0.293 e. The SMILES string of the molecule is COn1c(=O)c(-c2c(Cl)cccc2Cl)cc2cnc(Nc3ccc(CN4CCC[C@H]4CO)cc3)nc21. The number of nitrogens with zero attached hydrogens (tertiary/aromatic N) is 4. The molecule has 5 rings (SSSR count). The Morgan fingerprint density at radius 2 is 1.92 bits per heavy atom. The molecule has 1 atom stereocenters. The molecular weight excluding hydrogens is 501 g/mol. The first-order valence-corrected chi connectivity index (χ1v) is 12.4. The van der Waals surface area contributed by atoms with Gasteiger partial charge in [-0.15, -0.1) is 4.73 Å². The van der Waals surface area contributed by atoms with Gasteiger partial charge in [0.15, 0.2) is 5.65 Å². The topological polar surface area (TPSA) is 92.5 Å². The highest BCUT2D eigenvalue weighted by Gasteiger charge is 2.23. The van der Waals surface area contributed by atoms with E-state index in [0.29, 0.717) is 38.2 Å². The molecule has 10 heteroatoms. The minimum absolute atomic E-state index is 0.193. The molecule has 1 saturated heterocycles. The lowest BCUT2D eigenvalue weighted by atomic mass is 10.1. The van der Waals surface area contributed by atoms with Gasteiger partial charge in [-0.25, -0.2) is 4.98 Å². The van der Waals surface area contributed by atoms with E-state index in [-0.39, 0.29) is 12.6 Å². The number of aliphatic hydroxyl groups is 1. The summed E-state index contributed by atoms with van der Waals surface area (Å²) in [6.07, 6.45) is 3.77. The second-order valence-corrected chi connectivity index (χ2v) is 9.49. The van der Waals surface area contributed by atoms with E-state index in [2.05, 4.69) is 20.2 Å². The molecule has 1 aliphatic rings. The minimum atomic E-state index is -0.433. The standard InChI is InChI=1S/C26H25Cl2N5O3/c1-36-33-24-17(12-20(25(33)35)23-21(27)5-2-6-22(23)28)13-29-26(31-24)30-18-9-7-16(8-10-18)14-32-11-3-4-19(32)15-34/h2,5-10,12-13,19,34H,3-4,11,14-15H2,1H3,(H,29,30,31)/t19-/m0/s1. The molecule has 0 unspecified atom stereocenters. The number of benzene rings is 2. The van der Waals surface area contributed by atoms with E-state index < -0.39 is 5.56 Å². The summed E-state index contributed by atoms with van der Waals surface area (Å²) in [6.45, 7) is 2.00. The van der Waals surface area contributed by atoms with E-state index in [1.54, 1.807) is 30.5 Å². The third-order valence-corrected chi connectivity index (χ3v) is 7.05. The van der Waals surface area contributed by atoms with Crippen LogP contribution in [0.3, 0.4) is 0 Å². The molecule has 3 heterocycles. The number of anilines is 2. The van der Waals surface area contributed by atoms with Crippen LogP contribution in [0.15, 0.2) is 59.5 Å². The fourth-order valence-electron chi connectivity index (χ4n) is 4.60. The van der Waals surface area contributed by atoms with Crippen molar-refractivity contribution in [2.75, 3.05) is 25.6 Å². The Balaban J connectivity index is 1.42. The Labute approximate surface area is 218 Å². The van der Waals surface area contributed by atoms with E-state index in [0.717, 1.165) is 36.3 Å². The predicted octanol–water partition coefficient (Wildman–Crippen LogP) is 4.52. The zero-order chi connectivity index (χ0) is 25.2. The number of halogens is 2. The molecule has 0 aliphatic carbocycles. The molecule has 1 fully saturated rings. The van der Waals surface area contributed by atoms with Crippen LogP contribution in [0.1, 0.15) is 18.4 Å². The molecule has 0 amide bonds. The molecule has 2 aromatic carbocycles. The highest BCUT2D eigenvalue weighted by atomic mass is 35.5. The van der Waals surface area contributed by atoms with Gasteiger partial charge in [0.05, 0.1) is 22.2 Å². The van der Waals surface area contributed by atoms with Crippen LogP contribution in [0.5, 0.6) is 0 Å². The Kier molecular flexibility index (Phi) is 7.11. The average Bonchev–Trinajstić information content (AvgIpc) is 3.33. The summed E-state index contributed by atoms with van der Waals surface area (Å²) in [5, 5.41) is 14.0. The molecule has 4 aromatic rings. The van der Waals surface area contributed by atoms with Crippen LogP contribution < -0.4 is 15.7 Å². The van der Waals surface area contributed by atoms with Gasteiger partial charge in [-0.05, 0) is 55.3 Å². The molecule has 36 heavy (non-hydrogen) atoms. The van der Waals surface area contributed by atoms with Crippen LogP contribution in [0.2, 0.25) is 10.0 Å². The van der Waals surface area contributed by atoms with E-state index >= 15 is 0 Å². The minimum Gasteiger partial charge on any atom is -0.412 e. The van der Waals surface area contributed by atoms with Crippen molar-refractivity contribution < 1.29 is 9.94 Å². The molecule has 0 radical (unpaired) electrons. The normalized spacial score (nSPS) is 15.9. The third kappa shape index (κ3) is 4.77. The second kappa shape index (κ2) is 10.4. The van der Waals surface area contributed by atoms with Gasteiger partial charge >= 0.3 is 0 Å². The lowest BCUT2D eigenvalue weighted by Gasteiger charge is -2.22. The van der Waals surface area contributed by atoms with Crippen molar-refractivity contribution in [1.82, 2.24) is 19.6 Å². The highest BCUT2D eigenvalue weighted by molar-refractivity contribution is 6.39. The fourth-order valence-corrected chi connectivity index (χ4v) is 5.20. The number of likely N-dealkylation sites (tertiary alicyclic amines) is 1. The first-order chi connectivity index (χ1) is 17.5. The maximum absolute atomic E-state index is 13.2. The number of nitrogens with one attached hydrogen (secondary N) is 1. The number of hydrogen-bond acceptors (Lipinski definition) is 7. The number of rotatable bonds is 7. The van der Waals surface area contributed by atoms with Crippen LogP contribution >= 0.6 is 23.2 Å². The van der Waals surface area contributed by atoms with Gasteiger partial charge in [-0.2, -0.15) is 4.98 Å². The summed E-state index contributed by atoms with van der Waals surface area (Å²) in [5.41, 5.74) is 2.58. The zero-order valence-corrected chi connectivity index (χ0v) is 21.1. The van der Waals surface area contributed by atoms with Crippen LogP contribution in [0.4, 0.5) is 11.6 Å². The van der Waals surface area contributed by atoms with Crippen LogP contribution in [0.25, 0.3) is 22.2 Å². The van der Waals surface area contributed by atoms with E-state index in [9.17, 15) is 9.90 Å². The summed E-state index contributed by atoms with van der Waals surface area (Å²) in [4.78, 5) is 29.9. The quantitative estimate of drug-likeness (QED) is 0.366. The van der Waals surface area contributed by atoms with Gasteiger partial charge < -0.3 is 15.3 Å². The predicted molar refractivity (Wildman–Crippen MR) is 142 cm³/mol. The van der Waals surface area contributed by atoms with E-state index in [1.165, 1.54) is 12.7 Å². The largest absolute Gasteiger partial charge is 0.412 e. The van der Waals surface area contributed by atoms with Gasteiger partial charge in [-0.3, -0.25) is 9.69 Å². The fraction of sp³-hybridized carbons (Fsp3) is 0.269. The van der Waals surface area contributed by atoms with Crippen molar-refractivity contribution in [3.8, 4) is 11.1 Å². The van der Waals surface area contributed by atoms with Crippen LogP contribution in [0, 0.1) is 0 Å². The van der Waals surface area contributed by atoms with Crippen molar-refractivity contribution in [2.45, 2.75) is 25.4 Å². The van der Waals surface area contributed by atoms with Gasteiger partial charge in [0.1, 0.15) is 7.11 Å². The lowest BCUT2D eigenvalue weighted by molar-refractivity contribution is 0.153. The monoisotopic (exact) mass is 525 g/mol. The summed E-state index contributed by atoms with van der Waals surface area (Å²) >= 11 is 12.7. The van der Waals surface area contributed by atoms with Gasteiger partial charge in [0.2, 0.25) is 5.95 Å². The molecule has 2 aromatic heterocycles. The Hall–Kier alpha value is -3.17. The van der Waals surface area contributed by atoms with Crippen molar-refractivity contribution in [2.24, 2.45) is 0 Å². The Bertz CT molecular complexity index is 1440. The van der Waals surface area contributed by atoms with E-state index in [4.69, 9.17) is 28.0 Å². The molecule has 1 aliphatic heterocycles. The smallest absolute Gasteiger partial charge is 0.293 e. The number of hydrogen-bond donors (Lipinski definition) is 2. The number of aliphatic hydroxyl groups excluding tert-OH is 1. The zero-order valence-electron chi connectivity index (χ0n) is 19.6. The highest BCUT2D eigenvalue weighted by Crippen LogP contribution is 2.33. The van der Waals surface area contributed by atoms with Crippen molar-refractivity contribution in [1.29, 1.82) is 0 Å². The van der Waals surface area contributed by atoms with Crippen molar-refractivity contribution in [3.63, 3.8) is 0 Å². The maximum atomic E-state index is 13.2. The molecule has 0 bridgehead atoms. The Morgan fingerprint density at radius 1 is 1.17 bits per heavy atom. The van der Waals surface area contributed by atoms with Crippen molar-refractivity contribution >= 4 is 45.9 Å². The van der Waals surface area contributed by atoms with Crippen molar-refractivity contribution in [3.05, 3.63) is 80.7 Å². The molecule has 8 nitrogen and oxygen atoms in total. The average molecular weight is 526 g/mol. The molecule has 0 spiro atoms. The number of fused-ring (bicyclic) bond motifs is 1. The Morgan fingerprint density at radius 3 is 2.61 bits per heavy atom. The molecule has 186 valence electrons. The molecule has 0 saturated carbocycles. The first-order valence-electron chi connectivity index (χ1n) is 11.6. The number of aromatic nitrogens is 3. The van der Waals surface area contributed by atoms with Crippen LogP contribution in [-0.4, -0.2) is 51.0 Å². The van der Waals surface area contributed by atoms with Gasteiger partial charge in [0, 0.05) is 35.4 Å². The summed E-state index contributed by atoms with van der Waals surface area (Å²) in [7, 11) is 1.40. The summed E-state index contributed by atoms with van der Waals surface area (Å²) < 4.78 is 1.11. The molecule has 2 N–H and O–H groups in total. The van der Waals surface area contributed by atoms with E-state index in [1.807, 2.05) is 24.3 Å². The number of pyridine rings is 1. The van der Waals surface area contributed by atoms with Gasteiger partial charge in [0.25, 0.3) is 5.56 Å². The first kappa shape index (κ1) is 24.5. The van der Waals surface area contributed by atoms with Gasteiger partial charge in [-0.1, -0.05) is 41.4 Å². The lowest BCUT2D eigenvalue weighted by Crippen LogP contribution is -2.31. The van der Waals surface area contributed by atoms with Crippen LogP contribution in [-0.2, 0) is 6.54 Å². The second-order valence-electron chi connectivity index (χ2n) is 8.68. The summed E-state index contributed by atoms with van der Waals surface area (Å²) in [6, 6.07) is 15.0. The molecular formula is C26H25Cl2N5O3. The summed E-state index contributed by atoms with van der Waals surface area (Å²) in [5.74, 6) is 0.323. The third-order valence-electron chi connectivity index (χ3n) is 6.42.